The molecule has 0 aromatic carbocycles. The number of aromatic nitrogens is 3. The lowest BCUT2D eigenvalue weighted by molar-refractivity contribution is 0.0660. The number of hydrogen-bond acceptors (Lipinski definition) is 8. The summed E-state index contributed by atoms with van der Waals surface area (Å²) in [5.41, 5.74) is 2.11. The fourth-order valence-electron chi connectivity index (χ4n) is 3.95. The summed E-state index contributed by atoms with van der Waals surface area (Å²) in [6, 6.07) is 4.01. The van der Waals surface area contributed by atoms with Crippen LogP contribution in [0, 0.1) is 0 Å². The molecule has 2 fully saturated rings. The van der Waals surface area contributed by atoms with Gasteiger partial charge in [-0.1, -0.05) is 0 Å². The van der Waals surface area contributed by atoms with Crippen molar-refractivity contribution >= 4 is 17.5 Å². The van der Waals surface area contributed by atoms with Gasteiger partial charge < -0.3 is 24.0 Å². The molecule has 8 nitrogen and oxygen atoms in total. The van der Waals surface area contributed by atoms with Crippen molar-refractivity contribution in [3.05, 3.63) is 30.1 Å². The van der Waals surface area contributed by atoms with Crippen LogP contribution in [0.25, 0.3) is 0 Å². The minimum atomic E-state index is 0.160. The van der Waals surface area contributed by atoms with Gasteiger partial charge in [-0.3, -0.25) is 4.98 Å². The zero-order chi connectivity index (χ0) is 18.8. The van der Waals surface area contributed by atoms with Gasteiger partial charge in [-0.25, -0.2) is 0 Å². The van der Waals surface area contributed by atoms with Crippen molar-refractivity contribution in [1.82, 2.24) is 15.0 Å². The Morgan fingerprint density at radius 2 is 2.07 bits per heavy atom. The molecule has 2 aromatic heterocycles. The van der Waals surface area contributed by atoms with Crippen molar-refractivity contribution in [2.24, 2.45) is 0 Å². The van der Waals surface area contributed by atoms with E-state index in [2.05, 4.69) is 20.9 Å². The van der Waals surface area contributed by atoms with Gasteiger partial charge in [0.25, 0.3) is 0 Å². The smallest absolute Gasteiger partial charge is 0.230 e. The molecule has 148 valence electrons. The lowest BCUT2D eigenvalue weighted by atomic mass is 10.2. The largest absolute Gasteiger partial charge is 0.475 e. The fourth-order valence-corrected chi connectivity index (χ4v) is 3.95. The first kappa shape index (κ1) is 17.6. The fraction of sp³-hybridized carbons (Fsp3) is 0.550. The van der Waals surface area contributed by atoms with Crippen molar-refractivity contribution in [3.8, 4) is 5.88 Å². The maximum atomic E-state index is 6.17. The molecule has 3 aliphatic heterocycles. The van der Waals surface area contributed by atoms with Crippen LogP contribution < -0.4 is 14.5 Å². The predicted octanol–water partition coefficient (Wildman–Crippen LogP) is 1.96. The Kier molecular flexibility index (Phi) is 4.97. The zero-order valence-electron chi connectivity index (χ0n) is 15.9. The molecule has 0 radical (unpaired) electrons. The van der Waals surface area contributed by atoms with E-state index < -0.39 is 0 Å². The Labute approximate surface area is 164 Å². The van der Waals surface area contributed by atoms with E-state index in [4.69, 9.17) is 24.2 Å². The van der Waals surface area contributed by atoms with Crippen LogP contribution in [-0.2, 0) is 15.9 Å². The summed E-state index contributed by atoms with van der Waals surface area (Å²) in [5.74, 6) is 2.32. The number of fused-ring (bicyclic) bond motifs is 1. The monoisotopic (exact) mass is 383 g/mol. The second-order valence-electron chi connectivity index (χ2n) is 7.29. The third kappa shape index (κ3) is 3.49. The van der Waals surface area contributed by atoms with Crippen molar-refractivity contribution in [2.45, 2.75) is 25.4 Å². The van der Waals surface area contributed by atoms with E-state index in [9.17, 15) is 0 Å². The van der Waals surface area contributed by atoms with Crippen LogP contribution in [0.1, 0.15) is 18.4 Å². The molecule has 0 N–H and O–H groups in total. The second-order valence-corrected chi connectivity index (χ2v) is 7.29. The van der Waals surface area contributed by atoms with Gasteiger partial charge in [0.2, 0.25) is 11.8 Å². The van der Waals surface area contributed by atoms with Gasteiger partial charge in [-0.15, -0.1) is 0 Å². The molecule has 2 saturated heterocycles. The molecule has 5 rings (SSSR count). The normalized spacial score (nSPS) is 21.8. The highest BCUT2D eigenvalue weighted by Gasteiger charge is 2.30. The van der Waals surface area contributed by atoms with Gasteiger partial charge in [0, 0.05) is 32.4 Å². The van der Waals surface area contributed by atoms with E-state index in [0.717, 1.165) is 62.6 Å². The van der Waals surface area contributed by atoms with Crippen LogP contribution >= 0.6 is 0 Å². The van der Waals surface area contributed by atoms with Crippen LogP contribution in [-0.4, -0.2) is 67.1 Å². The number of nitrogens with zero attached hydrogens (tertiary/aromatic N) is 5. The van der Waals surface area contributed by atoms with Crippen LogP contribution in [0.4, 0.5) is 17.5 Å². The summed E-state index contributed by atoms with van der Waals surface area (Å²) < 4.78 is 17.4. The van der Waals surface area contributed by atoms with E-state index in [1.807, 2.05) is 12.3 Å². The summed E-state index contributed by atoms with van der Waals surface area (Å²) >= 11 is 0. The molecular weight excluding hydrogens is 358 g/mol. The molecule has 2 aromatic rings. The Bertz CT molecular complexity index is 807. The van der Waals surface area contributed by atoms with Gasteiger partial charge in [-0.05, 0) is 31.4 Å². The topological polar surface area (TPSA) is 72.8 Å². The van der Waals surface area contributed by atoms with E-state index in [1.165, 1.54) is 0 Å². The molecule has 0 spiro atoms. The van der Waals surface area contributed by atoms with Gasteiger partial charge in [0.1, 0.15) is 12.4 Å². The lowest BCUT2D eigenvalue weighted by Crippen LogP contribution is -2.37. The number of ether oxygens (including phenoxy) is 3. The first-order chi connectivity index (χ1) is 13.9. The van der Waals surface area contributed by atoms with E-state index in [1.54, 1.807) is 6.20 Å². The van der Waals surface area contributed by atoms with Gasteiger partial charge in [0.05, 0.1) is 36.8 Å². The highest BCUT2D eigenvalue weighted by Crippen LogP contribution is 2.38. The second kappa shape index (κ2) is 7.89. The first-order valence-electron chi connectivity index (χ1n) is 10.0. The van der Waals surface area contributed by atoms with Crippen LogP contribution in [0.3, 0.4) is 0 Å². The van der Waals surface area contributed by atoms with E-state index >= 15 is 0 Å². The van der Waals surface area contributed by atoms with E-state index in [-0.39, 0.29) is 6.10 Å². The number of morpholine rings is 1. The molecule has 0 bridgehead atoms. The molecule has 8 heteroatoms. The summed E-state index contributed by atoms with van der Waals surface area (Å²) in [4.78, 5) is 18.4. The molecule has 0 amide bonds. The SMILES string of the molecule is c1cncc(N2CCc3c(OCC4CCCO4)nc(N4CCOCC4)nc32)c1. The standard InChI is InChI=1S/C20H25N5O3/c1-3-15(13-21-6-1)25-7-5-17-18(25)22-20(24-8-11-26-12-9-24)23-19(17)28-14-16-4-2-10-27-16/h1,3,6,13,16H,2,4-5,7-12,14H2. The van der Waals surface area contributed by atoms with Crippen molar-refractivity contribution < 1.29 is 14.2 Å². The molecule has 28 heavy (non-hydrogen) atoms. The van der Waals surface area contributed by atoms with Crippen LogP contribution in [0.15, 0.2) is 24.5 Å². The maximum absolute atomic E-state index is 6.17. The number of hydrogen-bond donors (Lipinski definition) is 0. The summed E-state index contributed by atoms with van der Waals surface area (Å²) in [6.45, 7) is 5.17. The number of pyridine rings is 1. The summed E-state index contributed by atoms with van der Waals surface area (Å²) in [6.07, 6.45) is 6.83. The van der Waals surface area contributed by atoms with Crippen molar-refractivity contribution in [1.29, 1.82) is 0 Å². The lowest BCUT2D eigenvalue weighted by Gasteiger charge is -2.28. The third-order valence-electron chi connectivity index (χ3n) is 5.46. The summed E-state index contributed by atoms with van der Waals surface area (Å²) in [7, 11) is 0. The highest BCUT2D eigenvalue weighted by molar-refractivity contribution is 5.69. The zero-order valence-corrected chi connectivity index (χ0v) is 15.9. The highest BCUT2D eigenvalue weighted by atomic mass is 16.5. The quantitative estimate of drug-likeness (QED) is 0.776. The predicted molar refractivity (Wildman–Crippen MR) is 104 cm³/mol. The minimum Gasteiger partial charge on any atom is -0.475 e. The average molecular weight is 383 g/mol. The molecule has 5 heterocycles. The van der Waals surface area contributed by atoms with Crippen molar-refractivity contribution in [3.63, 3.8) is 0 Å². The molecular formula is C20H25N5O3. The summed E-state index contributed by atoms with van der Waals surface area (Å²) in [5, 5.41) is 0. The van der Waals surface area contributed by atoms with Crippen LogP contribution in [0.2, 0.25) is 0 Å². The van der Waals surface area contributed by atoms with Gasteiger partial charge in [-0.2, -0.15) is 9.97 Å². The van der Waals surface area contributed by atoms with E-state index in [0.29, 0.717) is 31.6 Å². The maximum Gasteiger partial charge on any atom is 0.230 e. The molecule has 1 unspecified atom stereocenters. The molecule has 0 aliphatic carbocycles. The Hall–Kier alpha value is -2.45. The third-order valence-corrected chi connectivity index (χ3v) is 5.46. The molecule has 3 aliphatic rings. The number of rotatable bonds is 5. The minimum absolute atomic E-state index is 0.160. The van der Waals surface area contributed by atoms with Crippen molar-refractivity contribution in [2.75, 3.05) is 55.9 Å². The van der Waals surface area contributed by atoms with Crippen LogP contribution in [0.5, 0.6) is 5.88 Å². The molecule has 0 saturated carbocycles. The first-order valence-corrected chi connectivity index (χ1v) is 10.0. The van der Waals surface area contributed by atoms with Gasteiger partial charge >= 0.3 is 0 Å². The average Bonchev–Trinajstić information content (AvgIpc) is 3.43. The number of anilines is 3. The Balaban J connectivity index is 1.47. The van der Waals surface area contributed by atoms with Gasteiger partial charge in [0.15, 0.2) is 0 Å². The Morgan fingerprint density at radius 1 is 1.14 bits per heavy atom. The Morgan fingerprint density at radius 3 is 2.86 bits per heavy atom. The molecule has 1 atom stereocenters.